The van der Waals surface area contributed by atoms with Crippen molar-refractivity contribution in [2.45, 2.75) is 58.1 Å². The maximum atomic E-state index is 12.5. The van der Waals surface area contributed by atoms with Gasteiger partial charge in [0.05, 0.1) is 0 Å². The van der Waals surface area contributed by atoms with Crippen LogP contribution in [-0.2, 0) is 16.0 Å². The highest BCUT2D eigenvalue weighted by atomic mass is 32.2. The first-order valence-corrected chi connectivity index (χ1v) is 11.8. The summed E-state index contributed by atoms with van der Waals surface area (Å²) in [6, 6.07) is 7.62. The minimum atomic E-state index is -0.445. The van der Waals surface area contributed by atoms with Crippen molar-refractivity contribution in [2.24, 2.45) is 0 Å². The molecular weight excluding hydrogens is 408 g/mol. The third-order valence-corrected chi connectivity index (χ3v) is 6.78. The predicted molar refractivity (Wildman–Crippen MR) is 128 cm³/mol. The van der Waals surface area contributed by atoms with Crippen LogP contribution in [0.3, 0.4) is 0 Å². The van der Waals surface area contributed by atoms with Crippen molar-refractivity contribution in [1.29, 1.82) is 0 Å². The van der Waals surface area contributed by atoms with E-state index >= 15 is 0 Å². The van der Waals surface area contributed by atoms with Gasteiger partial charge in [-0.15, -0.1) is 0 Å². The first-order valence-electron chi connectivity index (χ1n) is 10.8. The first kappa shape index (κ1) is 23.1. The van der Waals surface area contributed by atoms with E-state index in [4.69, 9.17) is 9.47 Å². The lowest BCUT2D eigenvalue weighted by atomic mass is 9.86. The van der Waals surface area contributed by atoms with Gasteiger partial charge in [-0.1, -0.05) is 50.8 Å². The molecule has 0 spiro atoms. The van der Waals surface area contributed by atoms with Gasteiger partial charge in [0.2, 0.25) is 0 Å². The summed E-state index contributed by atoms with van der Waals surface area (Å²) in [5.74, 6) is 1.28. The molecule has 0 saturated carbocycles. The molecule has 0 N–H and O–H groups in total. The summed E-state index contributed by atoms with van der Waals surface area (Å²) in [6.45, 7) is 12.9. The Morgan fingerprint density at radius 1 is 1.03 bits per heavy atom. The van der Waals surface area contributed by atoms with Crippen molar-refractivity contribution in [3.8, 4) is 11.5 Å². The van der Waals surface area contributed by atoms with Gasteiger partial charge in [-0.2, -0.15) is 11.8 Å². The summed E-state index contributed by atoms with van der Waals surface area (Å²) in [5, 5.41) is 1.71. The molecule has 3 rings (SSSR count). The van der Waals surface area contributed by atoms with Crippen LogP contribution in [0.2, 0.25) is 0 Å². The van der Waals surface area contributed by atoms with E-state index < -0.39 is 11.9 Å². The number of hydrogen-bond acceptors (Lipinski definition) is 5. The molecule has 0 aliphatic heterocycles. The monoisotopic (exact) mass is 438 g/mol. The van der Waals surface area contributed by atoms with E-state index in [0.29, 0.717) is 22.6 Å². The van der Waals surface area contributed by atoms with Crippen LogP contribution in [0.5, 0.6) is 11.5 Å². The van der Waals surface area contributed by atoms with Crippen LogP contribution >= 0.6 is 11.8 Å². The van der Waals surface area contributed by atoms with E-state index in [9.17, 15) is 9.59 Å². The SMILES string of the molecule is C=C(C)C(=O)Oc1c2c(c(OC(=O)C(=C)C)c3ccccc13)C(SCCCC)CCC2. The molecule has 1 aliphatic carbocycles. The Morgan fingerprint density at radius 3 is 2.19 bits per heavy atom. The number of thioether (sulfide) groups is 1. The van der Waals surface area contributed by atoms with Crippen molar-refractivity contribution in [2.75, 3.05) is 5.75 Å². The number of unbranched alkanes of at least 4 members (excludes halogenated alkanes) is 1. The molecule has 0 fully saturated rings. The molecule has 0 saturated heterocycles. The molecule has 4 nitrogen and oxygen atoms in total. The van der Waals surface area contributed by atoms with E-state index in [1.54, 1.807) is 13.8 Å². The van der Waals surface area contributed by atoms with Crippen LogP contribution in [-0.4, -0.2) is 17.7 Å². The standard InChI is InChI=1S/C26H30O4S/c1-6-7-15-31-21-14-10-13-20-22(21)24(30-26(28)17(4)5)19-12-9-8-11-18(19)23(20)29-25(27)16(2)3/h8-9,11-12,21H,2,4,6-7,10,13-15H2,1,3,5H3. The zero-order chi connectivity index (χ0) is 22.5. The average Bonchev–Trinajstić information content (AvgIpc) is 2.75. The Hall–Kier alpha value is -2.53. The molecule has 0 aromatic heterocycles. The minimum Gasteiger partial charge on any atom is -0.422 e. The van der Waals surface area contributed by atoms with Crippen molar-refractivity contribution in [1.82, 2.24) is 0 Å². The highest BCUT2D eigenvalue weighted by Gasteiger charge is 2.32. The molecule has 5 heteroatoms. The normalized spacial score (nSPS) is 15.3. The highest BCUT2D eigenvalue weighted by molar-refractivity contribution is 7.99. The summed E-state index contributed by atoms with van der Waals surface area (Å²) in [6.07, 6.45) is 5.00. The molecule has 1 atom stereocenters. The van der Waals surface area contributed by atoms with E-state index in [2.05, 4.69) is 20.1 Å². The van der Waals surface area contributed by atoms with Crippen molar-refractivity contribution in [3.05, 3.63) is 59.7 Å². The van der Waals surface area contributed by atoms with Gasteiger partial charge in [0.25, 0.3) is 0 Å². The van der Waals surface area contributed by atoms with Crippen molar-refractivity contribution >= 4 is 34.5 Å². The van der Waals surface area contributed by atoms with Gasteiger partial charge in [-0.3, -0.25) is 0 Å². The first-order chi connectivity index (χ1) is 14.8. The maximum Gasteiger partial charge on any atom is 0.338 e. The van der Waals surface area contributed by atoms with Crippen LogP contribution < -0.4 is 9.47 Å². The molecule has 1 unspecified atom stereocenters. The van der Waals surface area contributed by atoms with Gasteiger partial charge >= 0.3 is 11.9 Å². The van der Waals surface area contributed by atoms with E-state index in [-0.39, 0.29) is 5.25 Å². The van der Waals surface area contributed by atoms with Gasteiger partial charge < -0.3 is 9.47 Å². The summed E-state index contributed by atoms with van der Waals surface area (Å²) < 4.78 is 11.8. The molecule has 0 amide bonds. The van der Waals surface area contributed by atoms with Crippen LogP contribution in [0.25, 0.3) is 10.8 Å². The number of esters is 2. The fourth-order valence-electron chi connectivity index (χ4n) is 3.77. The number of carbonyl (C=O) groups is 2. The fourth-order valence-corrected chi connectivity index (χ4v) is 5.26. The third-order valence-electron chi connectivity index (χ3n) is 5.38. The smallest absolute Gasteiger partial charge is 0.338 e. The van der Waals surface area contributed by atoms with E-state index in [1.807, 2.05) is 36.0 Å². The predicted octanol–water partition coefficient (Wildman–Crippen LogP) is 6.71. The molecule has 0 radical (unpaired) electrons. The molecule has 2 aromatic rings. The van der Waals surface area contributed by atoms with Gasteiger partial charge in [0, 0.05) is 38.3 Å². The number of carbonyl (C=O) groups excluding carboxylic acids is 2. The topological polar surface area (TPSA) is 52.6 Å². The van der Waals surface area contributed by atoms with Crippen LogP contribution in [0.1, 0.15) is 62.8 Å². The lowest BCUT2D eigenvalue weighted by Gasteiger charge is -2.30. The molecule has 1 aliphatic rings. The molecule has 31 heavy (non-hydrogen) atoms. The third kappa shape index (κ3) is 5.04. The van der Waals surface area contributed by atoms with E-state index in [1.165, 1.54) is 0 Å². The molecule has 0 bridgehead atoms. The Kier molecular flexibility index (Phi) is 7.60. The number of fused-ring (bicyclic) bond motifs is 2. The zero-order valence-electron chi connectivity index (χ0n) is 18.6. The largest absolute Gasteiger partial charge is 0.422 e. The van der Waals surface area contributed by atoms with E-state index in [0.717, 1.165) is 59.8 Å². The second-order valence-corrected chi connectivity index (χ2v) is 9.35. The highest BCUT2D eigenvalue weighted by Crippen LogP contribution is 2.52. The molecule has 2 aromatic carbocycles. The number of hydrogen-bond donors (Lipinski definition) is 0. The zero-order valence-corrected chi connectivity index (χ0v) is 19.4. The average molecular weight is 439 g/mol. The Morgan fingerprint density at radius 2 is 1.61 bits per heavy atom. The quantitative estimate of drug-likeness (QED) is 0.198. The maximum absolute atomic E-state index is 12.5. The summed E-state index contributed by atoms with van der Waals surface area (Å²) in [7, 11) is 0. The summed E-state index contributed by atoms with van der Waals surface area (Å²) >= 11 is 1.88. The second-order valence-electron chi connectivity index (χ2n) is 8.04. The number of benzene rings is 2. The molecule has 0 heterocycles. The summed E-state index contributed by atoms with van der Waals surface area (Å²) in [4.78, 5) is 25.0. The molecule has 164 valence electrons. The lowest BCUT2D eigenvalue weighted by Crippen LogP contribution is -2.18. The van der Waals surface area contributed by atoms with Crippen molar-refractivity contribution in [3.63, 3.8) is 0 Å². The van der Waals surface area contributed by atoms with Gasteiger partial charge in [-0.25, -0.2) is 9.59 Å². The molecular formula is C26H30O4S. The van der Waals surface area contributed by atoms with Crippen molar-refractivity contribution < 1.29 is 19.1 Å². The number of ether oxygens (including phenoxy) is 2. The lowest BCUT2D eigenvalue weighted by molar-refractivity contribution is -0.131. The van der Waals surface area contributed by atoms with Gasteiger partial charge in [-0.05, 0) is 45.3 Å². The fraction of sp³-hybridized carbons (Fsp3) is 0.385. The summed E-state index contributed by atoms with van der Waals surface area (Å²) in [5.41, 5.74) is 2.63. The van der Waals surface area contributed by atoms with Gasteiger partial charge in [0.1, 0.15) is 11.5 Å². The number of rotatable bonds is 8. The minimum absolute atomic E-state index is 0.176. The van der Waals surface area contributed by atoms with Crippen LogP contribution in [0, 0.1) is 0 Å². The van der Waals surface area contributed by atoms with Crippen LogP contribution in [0.15, 0.2) is 48.6 Å². The Bertz CT molecular complexity index is 1040. The van der Waals surface area contributed by atoms with Gasteiger partial charge in [0.15, 0.2) is 0 Å². The Labute approximate surface area is 188 Å². The van der Waals surface area contributed by atoms with Crippen LogP contribution in [0.4, 0.5) is 0 Å². The second kappa shape index (κ2) is 10.2. The Balaban J connectivity index is 2.25.